The zero-order valence-corrected chi connectivity index (χ0v) is 7.91. The first-order chi connectivity index (χ1) is 5.43. The Balaban J connectivity index is 1.85. The lowest BCUT2D eigenvalue weighted by Crippen LogP contribution is -1.75. The Morgan fingerprint density at radius 1 is 1.45 bits per heavy atom. The van der Waals surface area contributed by atoms with Crippen molar-refractivity contribution in [2.75, 3.05) is 12.0 Å². The van der Waals surface area contributed by atoms with E-state index in [0.29, 0.717) is 0 Å². The van der Waals surface area contributed by atoms with Crippen LogP contribution in [0.25, 0.3) is 0 Å². The second-order valence-corrected chi connectivity index (χ2v) is 3.85. The van der Waals surface area contributed by atoms with Crippen molar-refractivity contribution >= 4 is 11.8 Å². The molecule has 1 aliphatic carbocycles. The van der Waals surface area contributed by atoms with Gasteiger partial charge in [0.1, 0.15) is 0 Å². The van der Waals surface area contributed by atoms with Crippen molar-refractivity contribution in [3.05, 3.63) is 6.42 Å². The van der Waals surface area contributed by atoms with E-state index in [1.54, 1.807) is 0 Å². The van der Waals surface area contributed by atoms with E-state index in [1.165, 1.54) is 18.6 Å². The predicted octanol–water partition coefficient (Wildman–Crippen LogP) is 2.75. The fourth-order valence-electron chi connectivity index (χ4n) is 0.919. The molecule has 1 fully saturated rings. The Morgan fingerprint density at radius 2 is 2.18 bits per heavy atom. The van der Waals surface area contributed by atoms with Crippen LogP contribution in [0.1, 0.15) is 25.7 Å². The second kappa shape index (κ2) is 5.55. The summed E-state index contributed by atoms with van der Waals surface area (Å²) in [4.78, 5) is 0. The molecule has 0 N–H and O–H groups in total. The van der Waals surface area contributed by atoms with Crippen LogP contribution in [0.5, 0.6) is 0 Å². The van der Waals surface area contributed by atoms with Gasteiger partial charge in [0.05, 0.1) is 0 Å². The quantitative estimate of drug-likeness (QED) is 0.458. The Bertz CT molecular complexity index is 148. The summed E-state index contributed by atoms with van der Waals surface area (Å²) in [7, 11) is 0. The minimum Gasteiger partial charge on any atom is -0.164 e. The van der Waals surface area contributed by atoms with Crippen LogP contribution in [0.2, 0.25) is 0 Å². The summed E-state index contributed by atoms with van der Waals surface area (Å²) < 4.78 is 0. The molecule has 1 saturated carbocycles. The molecular weight excluding hydrogens is 152 g/mol. The predicted molar refractivity (Wildman–Crippen MR) is 52.4 cm³/mol. The zero-order chi connectivity index (χ0) is 7.94. The molecule has 1 radical (unpaired) electrons. The van der Waals surface area contributed by atoms with Gasteiger partial charge in [0.25, 0.3) is 0 Å². The molecule has 11 heavy (non-hydrogen) atoms. The average molecular weight is 167 g/mol. The van der Waals surface area contributed by atoms with Crippen LogP contribution in [0.4, 0.5) is 0 Å². The largest absolute Gasteiger partial charge is 0.164 e. The van der Waals surface area contributed by atoms with Crippen molar-refractivity contribution < 1.29 is 0 Å². The van der Waals surface area contributed by atoms with Gasteiger partial charge in [-0.05, 0) is 31.4 Å². The Kier molecular flexibility index (Phi) is 4.54. The molecule has 0 aromatic heterocycles. The van der Waals surface area contributed by atoms with Crippen molar-refractivity contribution in [1.82, 2.24) is 0 Å². The molecule has 0 spiro atoms. The third-order valence-corrected chi connectivity index (χ3v) is 2.38. The highest BCUT2D eigenvalue weighted by molar-refractivity contribution is 7.98. The van der Waals surface area contributed by atoms with Crippen molar-refractivity contribution in [3.63, 3.8) is 0 Å². The Morgan fingerprint density at radius 3 is 2.82 bits per heavy atom. The van der Waals surface area contributed by atoms with E-state index in [1.807, 2.05) is 11.8 Å². The highest BCUT2D eigenvalue weighted by Crippen LogP contribution is 2.31. The van der Waals surface area contributed by atoms with Gasteiger partial charge in [-0.1, -0.05) is 0 Å². The molecule has 1 heteroatoms. The summed E-state index contributed by atoms with van der Waals surface area (Å²) in [6, 6.07) is 0. The SMILES string of the molecule is CSCCC#CCCC1[CH]C1. The molecule has 1 rings (SSSR count). The van der Waals surface area contributed by atoms with Crippen molar-refractivity contribution in [2.24, 2.45) is 5.92 Å². The van der Waals surface area contributed by atoms with Crippen LogP contribution in [-0.2, 0) is 0 Å². The topological polar surface area (TPSA) is 0 Å². The fraction of sp³-hybridized carbons (Fsp3) is 0.700. The van der Waals surface area contributed by atoms with Crippen LogP contribution in [0, 0.1) is 24.2 Å². The van der Waals surface area contributed by atoms with Gasteiger partial charge < -0.3 is 0 Å². The minimum atomic E-state index is 0.921. The van der Waals surface area contributed by atoms with E-state index in [0.717, 1.165) is 18.8 Å². The standard InChI is InChI=1S/C10H15S/c1-11-9-5-3-2-4-6-10-7-8-10/h7,10H,4-6,8-9H2,1H3. The number of hydrogen-bond acceptors (Lipinski definition) is 1. The summed E-state index contributed by atoms with van der Waals surface area (Å²) >= 11 is 1.87. The molecular formula is C10H15S. The van der Waals surface area contributed by atoms with Gasteiger partial charge in [-0.3, -0.25) is 0 Å². The average Bonchev–Trinajstić information content (AvgIpc) is 2.80. The van der Waals surface area contributed by atoms with E-state index < -0.39 is 0 Å². The molecule has 1 aliphatic rings. The maximum atomic E-state index is 3.21. The van der Waals surface area contributed by atoms with Crippen LogP contribution < -0.4 is 0 Å². The Labute approximate surface area is 74.1 Å². The van der Waals surface area contributed by atoms with Crippen LogP contribution in [-0.4, -0.2) is 12.0 Å². The highest BCUT2D eigenvalue weighted by Gasteiger charge is 2.19. The monoisotopic (exact) mass is 167 g/mol. The summed E-state index contributed by atoms with van der Waals surface area (Å²) in [5.74, 6) is 8.50. The molecule has 0 aliphatic heterocycles. The first-order valence-electron chi connectivity index (χ1n) is 4.21. The summed E-state index contributed by atoms with van der Waals surface area (Å²) in [6.45, 7) is 0. The van der Waals surface area contributed by atoms with Gasteiger partial charge in [-0.15, -0.1) is 11.8 Å². The van der Waals surface area contributed by atoms with Gasteiger partial charge in [-0.25, -0.2) is 0 Å². The third-order valence-electron chi connectivity index (χ3n) is 1.77. The van der Waals surface area contributed by atoms with E-state index in [2.05, 4.69) is 24.5 Å². The third kappa shape index (κ3) is 5.21. The first-order valence-corrected chi connectivity index (χ1v) is 5.61. The number of thioether (sulfide) groups is 1. The molecule has 0 bridgehead atoms. The smallest absolute Gasteiger partial charge is 0.0179 e. The lowest BCUT2D eigenvalue weighted by Gasteiger charge is -1.86. The van der Waals surface area contributed by atoms with Crippen LogP contribution in [0.3, 0.4) is 0 Å². The van der Waals surface area contributed by atoms with Gasteiger partial charge in [-0.2, -0.15) is 11.8 Å². The zero-order valence-electron chi connectivity index (χ0n) is 7.10. The Hall–Kier alpha value is -0.0900. The lowest BCUT2D eigenvalue weighted by atomic mass is 10.2. The maximum Gasteiger partial charge on any atom is 0.0179 e. The summed E-state index contributed by atoms with van der Waals surface area (Å²) in [5.41, 5.74) is 0. The van der Waals surface area contributed by atoms with Crippen LogP contribution >= 0.6 is 11.8 Å². The molecule has 0 heterocycles. The summed E-state index contributed by atoms with van der Waals surface area (Å²) in [5, 5.41) is 0. The molecule has 0 saturated heterocycles. The normalized spacial score (nSPS) is 15.7. The first kappa shape index (κ1) is 9.00. The highest BCUT2D eigenvalue weighted by atomic mass is 32.2. The molecule has 0 nitrogen and oxygen atoms in total. The molecule has 1 atom stereocenters. The minimum absolute atomic E-state index is 0.921. The molecule has 0 aromatic rings. The number of hydrogen-bond donors (Lipinski definition) is 0. The van der Waals surface area contributed by atoms with E-state index in [9.17, 15) is 0 Å². The van der Waals surface area contributed by atoms with E-state index in [4.69, 9.17) is 0 Å². The van der Waals surface area contributed by atoms with Crippen molar-refractivity contribution in [1.29, 1.82) is 0 Å². The van der Waals surface area contributed by atoms with Gasteiger partial charge >= 0.3 is 0 Å². The summed E-state index contributed by atoms with van der Waals surface area (Å²) in [6.07, 6.45) is 9.30. The molecule has 0 aromatic carbocycles. The van der Waals surface area contributed by atoms with E-state index in [-0.39, 0.29) is 0 Å². The van der Waals surface area contributed by atoms with Gasteiger partial charge in [0, 0.05) is 18.6 Å². The van der Waals surface area contributed by atoms with Gasteiger partial charge in [0.15, 0.2) is 0 Å². The molecule has 0 amide bonds. The molecule has 61 valence electrons. The second-order valence-electron chi connectivity index (χ2n) is 2.87. The maximum absolute atomic E-state index is 3.21. The number of rotatable bonds is 4. The fourth-order valence-corrected chi connectivity index (χ4v) is 1.23. The lowest BCUT2D eigenvalue weighted by molar-refractivity contribution is 0.774. The van der Waals surface area contributed by atoms with E-state index >= 15 is 0 Å². The van der Waals surface area contributed by atoms with Crippen molar-refractivity contribution in [3.8, 4) is 11.8 Å². The van der Waals surface area contributed by atoms with Crippen LogP contribution in [0.15, 0.2) is 0 Å². The molecule has 1 unspecified atom stereocenters. The van der Waals surface area contributed by atoms with Gasteiger partial charge in [0.2, 0.25) is 0 Å². The van der Waals surface area contributed by atoms with Crippen molar-refractivity contribution in [2.45, 2.75) is 25.7 Å².